The molecule has 5 rings (SSSR count). The van der Waals surface area contributed by atoms with Crippen LogP contribution in [0, 0.1) is 0 Å². The molecule has 5 nitrogen and oxygen atoms in total. The van der Waals surface area contributed by atoms with Gasteiger partial charge in [0.15, 0.2) is 16.8 Å². The summed E-state index contributed by atoms with van der Waals surface area (Å²) in [5.74, 6) is 1.55. The van der Waals surface area contributed by atoms with Crippen molar-refractivity contribution in [3.63, 3.8) is 0 Å². The van der Waals surface area contributed by atoms with Gasteiger partial charge in [-0.1, -0.05) is 61.4 Å². The van der Waals surface area contributed by atoms with Crippen molar-refractivity contribution in [3.05, 3.63) is 89.5 Å². The van der Waals surface area contributed by atoms with Gasteiger partial charge >= 0.3 is 6.18 Å². The van der Waals surface area contributed by atoms with Crippen molar-refractivity contribution in [1.82, 2.24) is 14.8 Å². The van der Waals surface area contributed by atoms with Gasteiger partial charge in [0.2, 0.25) is 0 Å². The van der Waals surface area contributed by atoms with Gasteiger partial charge in [-0.25, -0.2) is 0 Å². The van der Waals surface area contributed by atoms with Crippen LogP contribution in [0.4, 0.5) is 13.2 Å². The quantitative estimate of drug-likeness (QED) is 0.164. The number of benzene rings is 3. The highest BCUT2D eigenvalue weighted by Crippen LogP contribution is 2.35. The number of Topliss-reactive ketones (excluding diaryl/α,β-unsaturated/α-hetero) is 1. The van der Waals surface area contributed by atoms with Crippen molar-refractivity contribution in [2.45, 2.75) is 49.4 Å². The van der Waals surface area contributed by atoms with E-state index in [1.54, 1.807) is 42.0 Å². The molecule has 1 aliphatic rings. The Kier molecular flexibility index (Phi) is 8.07. The number of alkyl halides is 3. The molecule has 0 amide bonds. The summed E-state index contributed by atoms with van der Waals surface area (Å²) in [6.07, 6.45) is 1.64. The number of ether oxygens (including phenoxy) is 1. The number of hydrogen-bond donors (Lipinski definition) is 0. The largest absolute Gasteiger partial charge is 0.497 e. The zero-order valence-corrected chi connectivity index (χ0v) is 22.3. The van der Waals surface area contributed by atoms with E-state index in [1.165, 1.54) is 43.7 Å². The summed E-state index contributed by atoms with van der Waals surface area (Å²) in [7, 11) is 1.55. The summed E-state index contributed by atoms with van der Waals surface area (Å²) in [5.41, 5.74) is 2.00. The molecule has 0 N–H and O–H groups in total. The van der Waals surface area contributed by atoms with Gasteiger partial charge in [0.05, 0.1) is 24.1 Å². The lowest BCUT2D eigenvalue weighted by atomic mass is 9.84. The number of rotatable bonds is 8. The number of methoxy groups -OCH3 is 1. The van der Waals surface area contributed by atoms with Crippen molar-refractivity contribution < 1.29 is 22.7 Å². The van der Waals surface area contributed by atoms with Crippen LogP contribution < -0.4 is 4.74 Å². The standard InChI is InChI=1S/C30H28F3N3O2S/c1-38-26-16-14-23(15-17-26)28-34-35-29(36(28)25-9-5-8-24(18-25)30(31,32)33)39-19-27(37)22-12-10-21(11-13-22)20-6-3-2-4-7-20/h5,8-18,20H,2-4,6-7,19H2,1H3. The number of thioether (sulfide) groups is 1. The van der Waals surface area contributed by atoms with E-state index >= 15 is 0 Å². The molecule has 0 bridgehead atoms. The van der Waals surface area contributed by atoms with Gasteiger partial charge in [-0.3, -0.25) is 9.36 Å². The van der Waals surface area contributed by atoms with Gasteiger partial charge in [-0.15, -0.1) is 10.2 Å². The van der Waals surface area contributed by atoms with E-state index in [1.807, 2.05) is 24.3 Å². The molecule has 0 atom stereocenters. The van der Waals surface area contributed by atoms with Gasteiger partial charge in [-0.2, -0.15) is 13.2 Å². The fraction of sp³-hybridized carbons (Fsp3) is 0.300. The molecule has 3 aromatic carbocycles. The predicted octanol–water partition coefficient (Wildman–Crippen LogP) is 7.98. The maximum absolute atomic E-state index is 13.5. The summed E-state index contributed by atoms with van der Waals surface area (Å²) in [6.45, 7) is 0. The smallest absolute Gasteiger partial charge is 0.416 e. The second kappa shape index (κ2) is 11.7. The Hall–Kier alpha value is -3.59. The minimum Gasteiger partial charge on any atom is -0.497 e. The van der Waals surface area contributed by atoms with Crippen LogP contribution in [0.25, 0.3) is 17.1 Å². The van der Waals surface area contributed by atoms with E-state index in [2.05, 4.69) is 10.2 Å². The number of ketones is 1. The van der Waals surface area contributed by atoms with Crippen LogP contribution in [0.5, 0.6) is 5.75 Å². The van der Waals surface area contributed by atoms with E-state index in [-0.39, 0.29) is 17.2 Å². The lowest BCUT2D eigenvalue weighted by Gasteiger charge is -2.22. The number of nitrogens with zero attached hydrogens (tertiary/aromatic N) is 3. The molecule has 4 aromatic rings. The monoisotopic (exact) mass is 551 g/mol. The van der Waals surface area contributed by atoms with E-state index in [9.17, 15) is 18.0 Å². The average Bonchev–Trinajstić information content (AvgIpc) is 3.40. The van der Waals surface area contributed by atoms with Crippen LogP contribution >= 0.6 is 11.8 Å². The molecule has 0 spiro atoms. The first-order chi connectivity index (χ1) is 18.8. The first-order valence-electron chi connectivity index (χ1n) is 12.9. The molecule has 9 heteroatoms. The number of carbonyl (C=O) groups is 1. The summed E-state index contributed by atoms with van der Waals surface area (Å²) in [4.78, 5) is 13.0. The molecule has 202 valence electrons. The molecular formula is C30H28F3N3O2S. The lowest BCUT2D eigenvalue weighted by Crippen LogP contribution is -2.08. The second-order valence-corrected chi connectivity index (χ2v) is 10.5. The summed E-state index contributed by atoms with van der Waals surface area (Å²) >= 11 is 1.15. The minimum atomic E-state index is -4.50. The highest BCUT2D eigenvalue weighted by atomic mass is 32.2. The maximum Gasteiger partial charge on any atom is 0.416 e. The number of hydrogen-bond acceptors (Lipinski definition) is 5. The molecule has 1 saturated carbocycles. The first-order valence-corrected chi connectivity index (χ1v) is 13.9. The Morgan fingerprint density at radius 1 is 0.974 bits per heavy atom. The molecule has 1 aromatic heterocycles. The van der Waals surface area contributed by atoms with Gasteiger partial charge in [0.1, 0.15) is 5.75 Å². The zero-order chi connectivity index (χ0) is 27.4. The van der Waals surface area contributed by atoms with Gasteiger partial charge in [0, 0.05) is 11.1 Å². The third-order valence-electron chi connectivity index (χ3n) is 7.05. The molecule has 1 fully saturated rings. The van der Waals surface area contributed by atoms with Crippen molar-refractivity contribution in [3.8, 4) is 22.8 Å². The average molecular weight is 552 g/mol. The highest BCUT2D eigenvalue weighted by Gasteiger charge is 2.31. The van der Waals surface area contributed by atoms with Gasteiger partial charge < -0.3 is 4.74 Å². The van der Waals surface area contributed by atoms with E-state index in [4.69, 9.17) is 4.74 Å². The van der Waals surface area contributed by atoms with Crippen molar-refractivity contribution >= 4 is 17.5 Å². The van der Waals surface area contributed by atoms with Crippen LogP contribution in [0.1, 0.15) is 59.5 Å². The third kappa shape index (κ3) is 6.19. The summed E-state index contributed by atoms with van der Waals surface area (Å²) in [6, 6.07) is 19.8. The van der Waals surface area contributed by atoms with E-state index < -0.39 is 11.7 Å². The second-order valence-electron chi connectivity index (χ2n) is 9.59. The maximum atomic E-state index is 13.5. The molecule has 0 saturated heterocycles. The summed E-state index contributed by atoms with van der Waals surface area (Å²) in [5, 5.41) is 8.86. The van der Waals surface area contributed by atoms with Crippen LogP contribution in [0.3, 0.4) is 0 Å². The lowest BCUT2D eigenvalue weighted by molar-refractivity contribution is -0.137. The Labute approximate surface area is 229 Å². The molecular weight excluding hydrogens is 523 g/mol. The van der Waals surface area contributed by atoms with E-state index in [0.717, 1.165) is 23.9 Å². The Bertz CT molecular complexity index is 1430. The third-order valence-corrected chi connectivity index (χ3v) is 7.98. The van der Waals surface area contributed by atoms with Gasteiger partial charge in [0.25, 0.3) is 0 Å². The molecule has 1 heterocycles. The van der Waals surface area contributed by atoms with Gasteiger partial charge in [-0.05, 0) is 66.8 Å². The molecule has 0 radical (unpaired) electrons. The predicted molar refractivity (Wildman–Crippen MR) is 146 cm³/mol. The topological polar surface area (TPSA) is 57.0 Å². The van der Waals surface area contributed by atoms with Crippen LogP contribution in [0.15, 0.2) is 78.0 Å². The highest BCUT2D eigenvalue weighted by molar-refractivity contribution is 7.99. The normalized spacial score (nSPS) is 14.4. The number of aromatic nitrogens is 3. The fourth-order valence-corrected chi connectivity index (χ4v) is 5.78. The van der Waals surface area contributed by atoms with E-state index in [0.29, 0.717) is 33.8 Å². The van der Waals surface area contributed by atoms with Crippen molar-refractivity contribution in [2.24, 2.45) is 0 Å². The van der Waals surface area contributed by atoms with Crippen LogP contribution in [-0.2, 0) is 6.18 Å². The van der Waals surface area contributed by atoms with Crippen molar-refractivity contribution in [1.29, 1.82) is 0 Å². The van der Waals surface area contributed by atoms with Crippen LogP contribution in [-0.4, -0.2) is 33.4 Å². The Morgan fingerprint density at radius 3 is 2.36 bits per heavy atom. The molecule has 0 unspecified atom stereocenters. The zero-order valence-electron chi connectivity index (χ0n) is 21.4. The number of halogens is 3. The van der Waals surface area contributed by atoms with Crippen LogP contribution in [0.2, 0.25) is 0 Å². The first kappa shape index (κ1) is 27.0. The number of carbonyl (C=O) groups excluding carboxylic acids is 1. The SMILES string of the molecule is COc1ccc(-c2nnc(SCC(=O)c3ccc(C4CCCCC4)cc3)n2-c2cccc(C(F)(F)F)c2)cc1. The molecule has 39 heavy (non-hydrogen) atoms. The van der Waals surface area contributed by atoms with Crippen molar-refractivity contribution in [2.75, 3.05) is 12.9 Å². The Morgan fingerprint density at radius 2 is 1.69 bits per heavy atom. The molecule has 1 aliphatic carbocycles. The molecule has 0 aliphatic heterocycles. The fourth-order valence-electron chi connectivity index (χ4n) is 4.94. The summed E-state index contributed by atoms with van der Waals surface area (Å²) < 4.78 is 47.3. The minimum absolute atomic E-state index is 0.0719. The Balaban J connectivity index is 1.41.